The number of fused-ring (bicyclic) bond motifs is 1. The Morgan fingerprint density at radius 2 is 1.70 bits per heavy atom. The van der Waals surface area contributed by atoms with Crippen molar-refractivity contribution in [3.63, 3.8) is 0 Å². The summed E-state index contributed by atoms with van der Waals surface area (Å²) in [5.41, 5.74) is 1.30. The molecule has 0 saturated heterocycles. The fourth-order valence-corrected chi connectivity index (χ4v) is 3.64. The number of halogens is 1. The number of aromatic nitrogens is 4. The molecule has 0 saturated carbocycles. The van der Waals surface area contributed by atoms with Crippen LogP contribution in [0.1, 0.15) is 0 Å². The van der Waals surface area contributed by atoms with Crippen LogP contribution >= 0.6 is 11.6 Å². The summed E-state index contributed by atoms with van der Waals surface area (Å²) >= 11 is 6.01. The Labute approximate surface area is 193 Å². The maximum absolute atomic E-state index is 13.1. The molecule has 5 aromatic rings. The topological polar surface area (TPSA) is 92.3 Å². The van der Waals surface area contributed by atoms with Crippen LogP contribution in [0.4, 0.5) is 0 Å². The monoisotopic (exact) mass is 460 g/mol. The van der Waals surface area contributed by atoms with Gasteiger partial charge < -0.3 is 14.0 Å². The zero-order valence-electron chi connectivity index (χ0n) is 17.7. The largest absolute Gasteiger partial charge is 0.497 e. The van der Waals surface area contributed by atoms with E-state index < -0.39 is 0 Å². The predicted octanol–water partition coefficient (Wildman–Crippen LogP) is 4.77. The Morgan fingerprint density at radius 1 is 0.939 bits per heavy atom. The molecule has 9 heteroatoms. The van der Waals surface area contributed by atoms with Crippen molar-refractivity contribution >= 4 is 22.4 Å². The predicted molar refractivity (Wildman–Crippen MR) is 124 cm³/mol. The second-order valence-corrected chi connectivity index (χ2v) is 7.51. The molecule has 0 unspecified atom stereocenters. The highest BCUT2D eigenvalue weighted by Gasteiger charge is 2.20. The average molecular weight is 461 g/mol. The molecule has 3 aromatic carbocycles. The Bertz CT molecular complexity index is 1530. The lowest BCUT2D eigenvalue weighted by atomic mass is 10.1. The molecule has 0 atom stereocenters. The normalized spacial score (nSPS) is 11.0. The van der Waals surface area contributed by atoms with Crippen molar-refractivity contribution in [2.45, 2.75) is 0 Å². The highest BCUT2D eigenvalue weighted by Crippen LogP contribution is 2.33. The third kappa shape index (κ3) is 3.70. The second-order valence-electron chi connectivity index (χ2n) is 7.08. The van der Waals surface area contributed by atoms with Gasteiger partial charge in [-0.05, 0) is 42.5 Å². The van der Waals surface area contributed by atoms with Gasteiger partial charge in [0.2, 0.25) is 5.82 Å². The van der Waals surface area contributed by atoms with Crippen LogP contribution in [0.2, 0.25) is 5.02 Å². The zero-order chi connectivity index (χ0) is 22.9. The first kappa shape index (κ1) is 20.7. The van der Waals surface area contributed by atoms with Crippen LogP contribution in [0.25, 0.3) is 39.4 Å². The molecule has 0 amide bonds. The third-order valence-electron chi connectivity index (χ3n) is 5.15. The van der Waals surface area contributed by atoms with Gasteiger partial charge in [-0.2, -0.15) is 14.8 Å². The summed E-state index contributed by atoms with van der Waals surface area (Å²) < 4.78 is 17.6. The van der Waals surface area contributed by atoms with Crippen LogP contribution < -0.4 is 15.0 Å². The molecule has 33 heavy (non-hydrogen) atoms. The number of hydrogen-bond acceptors (Lipinski definition) is 7. The molecule has 0 N–H and O–H groups in total. The molecule has 0 aliphatic heterocycles. The van der Waals surface area contributed by atoms with E-state index in [9.17, 15) is 4.79 Å². The first-order valence-electron chi connectivity index (χ1n) is 9.93. The Morgan fingerprint density at radius 3 is 2.42 bits per heavy atom. The van der Waals surface area contributed by atoms with Gasteiger partial charge in [0.1, 0.15) is 11.5 Å². The number of ether oxygens (including phenoxy) is 2. The molecular formula is C24H17ClN4O4. The second kappa shape index (κ2) is 8.40. The van der Waals surface area contributed by atoms with E-state index in [4.69, 9.17) is 25.6 Å². The first-order valence-corrected chi connectivity index (χ1v) is 10.3. The molecule has 0 bridgehead atoms. The minimum absolute atomic E-state index is 0.168. The van der Waals surface area contributed by atoms with E-state index in [2.05, 4.69) is 15.2 Å². The lowest BCUT2D eigenvalue weighted by molar-refractivity contribution is 0.394. The molecule has 2 aromatic heterocycles. The molecule has 0 aliphatic carbocycles. The van der Waals surface area contributed by atoms with Crippen molar-refractivity contribution in [1.82, 2.24) is 19.9 Å². The summed E-state index contributed by atoms with van der Waals surface area (Å²) in [6.07, 6.45) is 0. The van der Waals surface area contributed by atoms with Gasteiger partial charge in [0.05, 0.1) is 30.9 Å². The van der Waals surface area contributed by atoms with E-state index in [0.29, 0.717) is 50.1 Å². The van der Waals surface area contributed by atoms with Gasteiger partial charge >= 0.3 is 0 Å². The number of rotatable bonds is 5. The van der Waals surface area contributed by atoms with Crippen LogP contribution in [0.3, 0.4) is 0 Å². The summed E-state index contributed by atoms with van der Waals surface area (Å²) in [5.74, 6) is 1.66. The van der Waals surface area contributed by atoms with E-state index in [1.165, 1.54) is 4.68 Å². The fourth-order valence-electron chi connectivity index (χ4n) is 3.52. The van der Waals surface area contributed by atoms with Gasteiger partial charge in [-0.15, -0.1) is 0 Å². The van der Waals surface area contributed by atoms with E-state index in [-0.39, 0.29) is 11.4 Å². The number of methoxy groups -OCH3 is 2. The molecule has 0 fully saturated rings. The summed E-state index contributed by atoms with van der Waals surface area (Å²) in [6.45, 7) is 0. The Kier molecular flexibility index (Phi) is 5.27. The van der Waals surface area contributed by atoms with Gasteiger partial charge in [-0.1, -0.05) is 35.0 Å². The molecule has 0 spiro atoms. The third-order valence-corrected chi connectivity index (χ3v) is 5.41. The molecule has 8 nitrogen and oxygen atoms in total. The molecule has 164 valence electrons. The van der Waals surface area contributed by atoms with Crippen LogP contribution in [0.5, 0.6) is 11.5 Å². The van der Waals surface area contributed by atoms with Gasteiger partial charge in [0.15, 0.2) is 5.69 Å². The van der Waals surface area contributed by atoms with E-state index in [1.807, 2.05) is 6.07 Å². The minimum atomic E-state index is -0.270. The number of benzene rings is 3. The Balaban J connectivity index is 1.69. The molecular weight excluding hydrogens is 444 g/mol. The van der Waals surface area contributed by atoms with E-state index in [1.54, 1.807) is 74.9 Å². The van der Waals surface area contributed by atoms with Gasteiger partial charge in [0.25, 0.3) is 11.4 Å². The molecule has 0 radical (unpaired) electrons. The van der Waals surface area contributed by atoms with Crippen molar-refractivity contribution < 1.29 is 14.0 Å². The number of nitrogens with zero attached hydrogens (tertiary/aromatic N) is 4. The van der Waals surface area contributed by atoms with Crippen molar-refractivity contribution in [2.75, 3.05) is 14.2 Å². The lowest BCUT2D eigenvalue weighted by Gasteiger charge is -2.09. The van der Waals surface area contributed by atoms with Crippen molar-refractivity contribution in [2.24, 2.45) is 0 Å². The van der Waals surface area contributed by atoms with Gasteiger partial charge in [0, 0.05) is 16.5 Å². The van der Waals surface area contributed by atoms with Crippen LogP contribution in [-0.4, -0.2) is 34.1 Å². The molecule has 2 heterocycles. The smallest absolute Gasteiger partial charge is 0.279 e. The van der Waals surface area contributed by atoms with Crippen molar-refractivity contribution in [1.29, 1.82) is 0 Å². The van der Waals surface area contributed by atoms with E-state index >= 15 is 0 Å². The number of hydrogen-bond donors (Lipinski definition) is 0. The molecule has 0 aliphatic rings. The van der Waals surface area contributed by atoms with Gasteiger partial charge in [-0.3, -0.25) is 4.79 Å². The quantitative estimate of drug-likeness (QED) is 0.373. The standard InChI is InChI=1S/C24H17ClN4O4/c1-31-16-11-12-19(20(13-16)32-2)22-26-23(33-28-22)21-17-5-3-4-6-18(17)24(30)29(27-21)15-9-7-14(25)8-10-15/h3-13H,1-2H3. The van der Waals surface area contributed by atoms with Crippen LogP contribution in [-0.2, 0) is 0 Å². The average Bonchev–Trinajstić information content (AvgIpc) is 3.34. The van der Waals surface area contributed by atoms with E-state index in [0.717, 1.165) is 0 Å². The van der Waals surface area contributed by atoms with Crippen LogP contribution in [0.15, 0.2) is 76.0 Å². The fraction of sp³-hybridized carbons (Fsp3) is 0.0833. The SMILES string of the molecule is COc1ccc(-c2noc(-c3nn(-c4ccc(Cl)cc4)c(=O)c4ccccc34)n2)c(OC)c1. The maximum atomic E-state index is 13.1. The lowest BCUT2D eigenvalue weighted by Crippen LogP contribution is -2.22. The zero-order valence-corrected chi connectivity index (χ0v) is 18.4. The van der Waals surface area contributed by atoms with Gasteiger partial charge in [-0.25, -0.2) is 0 Å². The Hall–Kier alpha value is -4.17. The summed E-state index contributed by atoms with van der Waals surface area (Å²) in [6, 6.07) is 19.3. The van der Waals surface area contributed by atoms with Crippen molar-refractivity contribution in [3.8, 4) is 40.2 Å². The van der Waals surface area contributed by atoms with Crippen molar-refractivity contribution in [3.05, 3.63) is 82.1 Å². The maximum Gasteiger partial charge on any atom is 0.279 e. The summed E-state index contributed by atoms with van der Waals surface area (Å²) in [4.78, 5) is 17.7. The molecule has 5 rings (SSSR count). The highest BCUT2D eigenvalue weighted by atomic mass is 35.5. The summed E-state index contributed by atoms with van der Waals surface area (Å²) in [5, 5.41) is 10.3. The summed E-state index contributed by atoms with van der Waals surface area (Å²) in [7, 11) is 3.13. The minimum Gasteiger partial charge on any atom is -0.497 e. The highest BCUT2D eigenvalue weighted by molar-refractivity contribution is 6.30. The first-order chi connectivity index (χ1) is 16.1. The van der Waals surface area contributed by atoms with Crippen LogP contribution in [0, 0.1) is 0 Å².